The molecule has 0 aromatic carbocycles. The second-order valence-electron chi connectivity index (χ2n) is 33.8. The third-order valence-corrected chi connectivity index (χ3v) is 24.4. The van der Waals surface area contributed by atoms with Gasteiger partial charge >= 0.3 is 11.9 Å². The van der Waals surface area contributed by atoms with Crippen molar-refractivity contribution in [3.8, 4) is 0 Å². The standard InChI is InChI=1S/C74H122N4O57/c1-17(89)75-33-21(93)5-73(71(113)114,132-57(33)37(97)23(95)7-79)134-60-40(100)26(10-82)119-68(49(60)109)125-52-29(13-85)121-64(35(42(52)102)77-19(3)91)130-59-39(99)25(9-81)118-67(48(59)108)128-55-31(15-87)123-66(47(107)45(55)105)129-56-32(16-88)124-70(127-54-28(12-84)117-63(112)46(106)44(54)104)51(111)62(56)131-65-36(78-20(4)92)43(103)53(30(14-86)122-65)126-69-50(110)61(41(101)27(11-83)120-69)135-74(72(115)116)6-22(94)34(76-18(2)90)58(133-74)38(98)24(96)8-80/h21-70,79-88,93-112H,5-16H2,1-4H3,(H,75,89)(H,76,90)(H,77,91)(H,78,92)(H,113,114)(H,115,116)/t21-,22-,23+,24+,25+,26+,27+,28+,29+,30+,31+,32+,33+,34+,35+,36+,37+,38+,39-,40-,41-,42+,43+,44+,45+,46+,47+,48+,49+,50+,51+,52+,53+,54+,55+,56-,57+,58+,59-,60-,61-,62+,63+,64-,65-,66-,67-,68-,69-,70-,73-,74-/m0/s1. The van der Waals surface area contributed by atoms with Crippen LogP contribution in [0.3, 0.4) is 0 Å². The van der Waals surface area contributed by atoms with Crippen molar-refractivity contribution >= 4 is 35.6 Å². The number of amides is 4. The van der Waals surface area contributed by atoms with E-state index in [0.29, 0.717) is 0 Å². The van der Waals surface area contributed by atoms with Crippen LogP contribution in [0.4, 0.5) is 0 Å². The molecule has 780 valence electrons. The topological polar surface area (TPSA) is 973 Å². The van der Waals surface area contributed by atoms with Crippen molar-refractivity contribution in [2.45, 2.75) is 359 Å². The van der Waals surface area contributed by atoms with Crippen LogP contribution in [0.1, 0.15) is 40.5 Å². The number of aliphatic hydroxyl groups excluding tert-OH is 30. The number of aliphatic hydroxyl groups is 30. The lowest BCUT2D eigenvalue weighted by Gasteiger charge is -2.52. The van der Waals surface area contributed by atoms with Crippen molar-refractivity contribution in [1.29, 1.82) is 0 Å². The van der Waals surface area contributed by atoms with Gasteiger partial charge in [0.1, 0.15) is 232 Å². The summed E-state index contributed by atoms with van der Waals surface area (Å²) in [6.07, 6.45) is -107. The second-order valence-corrected chi connectivity index (χ2v) is 33.8. The van der Waals surface area contributed by atoms with Crippen LogP contribution in [0, 0.1) is 0 Å². The number of carboxylic acid groups (broad SMARTS) is 2. The first-order valence-corrected chi connectivity index (χ1v) is 42.4. The third-order valence-electron chi connectivity index (χ3n) is 24.4. The molecule has 0 aromatic heterocycles. The molecule has 0 unspecified atom stereocenters. The quantitative estimate of drug-likeness (QED) is 0.0273. The second kappa shape index (κ2) is 47.8. The minimum absolute atomic E-state index is 0.843. The van der Waals surface area contributed by atoms with Crippen LogP contribution in [0.15, 0.2) is 0 Å². The molecule has 135 heavy (non-hydrogen) atoms. The molecular weight excluding hydrogens is 1860 g/mol. The number of hydrogen-bond donors (Lipinski definition) is 36. The van der Waals surface area contributed by atoms with Crippen LogP contribution in [-0.4, -0.2) is 583 Å². The van der Waals surface area contributed by atoms with Crippen LogP contribution in [0.5, 0.6) is 0 Å². The maximum atomic E-state index is 13.3. The Labute approximate surface area is 761 Å². The Morgan fingerprint density at radius 3 is 0.867 bits per heavy atom. The normalized spacial score (nSPS) is 47.0. The fourth-order valence-electron chi connectivity index (χ4n) is 17.5. The molecule has 0 bridgehead atoms. The van der Waals surface area contributed by atoms with Crippen molar-refractivity contribution in [2.24, 2.45) is 0 Å². The predicted octanol–water partition coefficient (Wildman–Crippen LogP) is -23.8. The number of carboxylic acids is 2. The van der Waals surface area contributed by atoms with Crippen LogP contribution >= 0.6 is 0 Å². The summed E-state index contributed by atoms with van der Waals surface area (Å²) < 4.78 is 111. The van der Waals surface area contributed by atoms with E-state index >= 15 is 0 Å². The van der Waals surface area contributed by atoms with E-state index in [0.717, 1.165) is 27.7 Å². The summed E-state index contributed by atoms with van der Waals surface area (Å²) in [5.74, 6) is -14.9. The maximum Gasteiger partial charge on any atom is 0.364 e. The van der Waals surface area contributed by atoms with E-state index in [1.54, 1.807) is 0 Å². The Morgan fingerprint density at radius 1 is 0.289 bits per heavy atom. The largest absolute Gasteiger partial charge is 0.477 e. The van der Waals surface area contributed by atoms with Crippen LogP contribution in [0.2, 0.25) is 0 Å². The monoisotopic (exact) mass is 1980 g/mol. The average Bonchev–Trinajstić information content (AvgIpc) is 0.752. The van der Waals surface area contributed by atoms with Gasteiger partial charge < -0.3 is 275 Å². The Morgan fingerprint density at radius 2 is 0.541 bits per heavy atom. The Hall–Kier alpha value is -5.14. The molecule has 52 atom stereocenters. The van der Waals surface area contributed by atoms with E-state index in [2.05, 4.69) is 21.3 Å². The summed E-state index contributed by atoms with van der Waals surface area (Å²) in [6.45, 7) is -8.94. The highest BCUT2D eigenvalue weighted by Crippen LogP contribution is 2.45. The van der Waals surface area contributed by atoms with Crippen molar-refractivity contribution in [3.05, 3.63) is 0 Å². The Kier molecular flexibility index (Phi) is 39.6. The van der Waals surface area contributed by atoms with Crippen molar-refractivity contribution in [3.63, 3.8) is 0 Å². The molecule has 10 fully saturated rings. The zero-order valence-electron chi connectivity index (χ0n) is 71.9. The van der Waals surface area contributed by atoms with Gasteiger partial charge in [0.15, 0.2) is 50.3 Å². The maximum absolute atomic E-state index is 13.3. The molecule has 61 heteroatoms. The Balaban J connectivity index is 0.889. The molecule has 36 N–H and O–H groups in total. The molecule has 0 aliphatic carbocycles. The molecule has 0 saturated carbocycles. The van der Waals surface area contributed by atoms with Gasteiger partial charge in [-0.15, -0.1) is 0 Å². The molecule has 10 aliphatic heterocycles. The zero-order valence-corrected chi connectivity index (χ0v) is 71.9. The predicted molar refractivity (Wildman–Crippen MR) is 410 cm³/mol. The van der Waals surface area contributed by atoms with Gasteiger partial charge in [-0.2, -0.15) is 0 Å². The molecule has 0 spiro atoms. The smallest absolute Gasteiger partial charge is 0.364 e. The number of carbonyl (C=O) groups is 6. The molecule has 10 rings (SSSR count). The molecule has 10 aliphatic rings. The summed E-state index contributed by atoms with van der Waals surface area (Å²) in [4.78, 5) is 77.3. The fraction of sp³-hybridized carbons (Fsp3) is 0.919. The Bertz CT molecular complexity index is 3790. The summed E-state index contributed by atoms with van der Waals surface area (Å²) in [5, 5.41) is 366. The summed E-state index contributed by atoms with van der Waals surface area (Å²) in [5.41, 5.74) is 0. The van der Waals surface area contributed by atoms with E-state index in [1.807, 2.05) is 0 Å². The van der Waals surface area contributed by atoms with Crippen LogP contribution < -0.4 is 21.3 Å². The van der Waals surface area contributed by atoms with Gasteiger partial charge in [-0.3, -0.25) is 19.2 Å². The van der Waals surface area contributed by atoms with Gasteiger partial charge in [0.2, 0.25) is 23.6 Å². The van der Waals surface area contributed by atoms with Gasteiger partial charge in [0, 0.05) is 40.5 Å². The van der Waals surface area contributed by atoms with Crippen LogP contribution in [-0.2, 0) is 119 Å². The average molecular weight is 1980 g/mol. The molecule has 0 radical (unpaired) electrons. The van der Waals surface area contributed by atoms with Gasteiger partial charge in [-0.1, -0.05) is 0 Å². The van der Waals surface area contributed by atoms with Gasteiger partial charge in [-0.05, 0) is 0 Å². The zero-order chi connectivity index (χ0) is 100. The summed E-state index contributed by atoms with van der Waals surface area (Å²) in [7, 11) is 0. The van der Waals surface area contributed by atoms with Gasteiger partial charge in [-0.25, -0.2) is 9.59 Å². The lowest BCUT2D eigenvalue weighted by molar-refractivity contribution is -0.406. The van der Waals surface area contributed by atoms with Crippen LogP contribution in [0.25, 0.3) is 0 Å². The van der Waals surface area contributed by atoms with Crippen molar-refractivity contribution in [1.82, 2.24) is 21.3 Å². The first kappa shape index (κ1) is 112. The van der Waals surface area contributed by atoms with E-state index < -0.39 is 432 Å². The van der Waals surface area contributed by atoms with Gasteiger partial charge in [0.25, 0.3) is 11.6 Å². The highest BCUT2D eigenvalue weighted by molar-refractivity contribution is 5.78. The first-order valence-electron chi connectivity index (χ1n) is 42.4. The molecule has 4 amide bonds. The molecule has 10 heterocycles. The lowest BCUT2D eigenvalue weighted by atomic mass is 9.88. The highest BCUT2D eigenvalue weighted by Gasteiger charge is 2.66. The molecule has 0 aromatic rings. The van der Waals surface area contributed by atoms with E-state index in [9.17, 15) is 192 Å². The molecule has 61 nitrogen and oxygen atoms in total. The minimum Gasteiger partial charge on any atom is -0.477 e. The number of nitrogens with one attached hydrogen (secondary N) is 4. The van der Waals surface area contributed by atoms with Crippen molar-refractivity contribution < 1.29 is 282 Å². The summed E-state index contributed by atoms with van der Waals surface area (Å²) in [6, 6.07) is -7.74. The highest BCUT2D eigenvalue weighted by atomic mass is 16.8. The number of hydrogen-bond acceptors (Lipinski definition) is 55. The lowest BCUT2D eigenvalue weighted by Crippen LogP contribution is -2.71. The van der Waals surface area contributed by atoms with Crippen molar-refractivity contribution in [2.75, 3.05) is 66.1 Å². The van der Waals surface area contributed by atoms with Gasteiger partial charge in [0.05, 0.1) is 90.4 Å². The molecular formula is C74H122N4O57. The summed E-state index contributed by atoms with van der Waals surface area (Å²) >= 11 is 0. The number of rotatable bonds is 38. The van der Waals surface area contributed by atoms with E-state index in [1.165, 1.54) is 0 Å². The van der Waals surface area contributed by atoms with E-state index in [4.69, 9.17) is 90.0 Å². The number of carbonyl (C=O) groups excluding carboxylic acids is 4. The van der Waals surface area contributed by atoms with E-state index in [-0.39, 0.29) is 0 Å². The first-order chi connectivity index (χ1) is 63.6. The molecule has 10 saturated heterocycles. The number of aliphatic carboxylic acids is 2. The SMILES string of the molecule is CC(=O)N[C@H]1[C@H](O[C@H]2[C@@H](O)[C@@H](CO)O[C@@H](O[C@H]3[C@H](O)[C@@H](O)[C@H](O[C@@H]4[C@H](O[C@@H]5O[C@H](CO)[C@@H](O[C@@H]6O[C@H](CO)[C@H](O)[C@H](O[C@]7(C(=O)O)C[C@H](O)[C@@H](NC(C)=O)[C@H]([C@H](O)[C@H](O)CO)O7)[C@H]6O)[C@H](O)[C@H]5NC(C)=O)[C@@H](O)[C@H](O[C@H]5[C@H](O)[C@@H](O)[C@H](O)O[C@@H]5CO)O[C@@H]4CO)O[C@@H]3CO)[C@@H]2O)O[C@H](CO)[C@@H](O[C@@H]2O[C@H](CO)[C@H](O)[C@H](O[C@]3(C(=O)O)C[C@H](O)[C@@H](NC(C)=O)[C@H]([C@H](O)[C@H](O)CO)O3)[C@H]2O)[C@@H]1O. The minimum atomic E-state index is -3.33. The third kappa shape index (κ3) is 24.2. The fourth-order valence-corrected chi connectivity index (χ4v) is 17.5. The number of ether oxygens (including phenoxy) is 19.